The first-order valence-corrected chi connectivity index (χ1v) is 9.65. The average Bonchev–Trinajstić information content (AvgIpc) is 2.73. The molecule has 0 aliphatic rings. The molecule has 3 aromatic rings. The van der Waals surface area contributed by atoms with E-state index in [4.69, 9.17) is 9.47 Å². The van der Waals surface area contributed by atoms with Gasteiger partial charge in [-0.05, 0) is 41.0 Å². The summed E-state index contributed by atoms with van der Waals surface area (Å²) in [6.07, 6.45) is 0. The molecule has 0 atom stereocenters. The molecule has 0 amide bonds. The zero-order chi connectivity index (χ0) is 19.3. The molecule has 0 bridgehead atoms. The Morgan fingerprint density at radius 3 is 1.44 bits per heavy atom. The van der Waals surface area contributed by atoms with Crippen LogP contribution in [0.15, 0.2) is 78.9 Å². The Hall–Kier alpha value is -2.43. The van der Waals surface area contributed by atoms with E-state index in [1.165, 1.54) is 0 Å². The van der Waals surface area contributed by atoms with Crippen molar-refractivity contribution in [3.05, 3.63) is 95.6 Å². The highest BCUT2D eigenvalue weighted by atomic mass is 31.2. The first kappa shape index (κ1) is 19.3. The largest absolute Gasteiger partial charge is 0.497 e. The molecule has 3 N–H and O–H groups in total. The third-order valence-corrected chi connectivity index (χ3v) is 5.06. The van der Waals surface area contributed by atoms with Crippen LogP contribution in [0.3, 0.4) is 0 Å². The molecule has 6 heteroatoms. The standard InChI is InChI=1S/C21H22NO4P/c1-25-19-12-8-17(9-13-19)21(22-27(23)24,16-6-4-3-5-7-16)18-10-14-20(26-2)15-11-18/h3-15,22-24H,1-2H3. The van der Waals surface area contributed by atoms with Crippen molar-refractivity contribution >= 4 is 8.53 Å². The fraction of sp³-hybridized carbons (Fsp3) is 0.143. The maximum Gasteiger partial charge on any atom is 0.251 e. The van der Waals surface area contributed by atoms with Crippen LogP contribution in [0.2, 0.25) is 0 Å². The minimum atomic E-state index is -2.39. The number of ether oxygens (including phenoxy) is 2. The summed E-state index contributed by atoms with van der Waals surface area (Å²) in [6, 6.07) is 24.8. The highest BCUT2D eigenvalue weighted by molar-refractivity contribution is 7.42. The van der Waals surface area contributed by atoms with E-state index in [1.54, 1.807) is 14.2 Å². The van der Waals surface area contributed by atoms with E-state index in [1.807, 2.05) is 78.9 Å². The first-order chi connectivity index (χ1) is 13.1. The molecule has 0 saturated heterocycles. The summed E-state index contributed by atoms with van der Waals surface area (Å²) < 4.78 is 10.5. The van der Waals surface area contributed by atoms with Crippen molar-refractivity contribution in [1.82, 2.24) is 5.09 Å². The Kier molecular flexibility index (Phi) is 6.09. The van der Waals surface area contributed by atoms with Crippen LogP contribution in [0.25, 0.3) is 0 Å². The van der Waals surface area contributed by atoms with Gasteiger partial charge in [0.15, 0.2) is 0 Å². The summed E-state index contributed by atoms with van der Waals surface area (Å²) in [5, 5.41) is 3.01. The highest BCUT2D eigenvalue weighted by Crippen LogP contribution is 2.42. The fourth-order valence-corrected chi connectivity index (χ4v) is 3.90. The van der Waals surface area contributed by atoms with E-state index in [0.717, 1.165) is 28.2 Å². The summed E-state index contributed by atoms with van der Waals surface area (Å²) >= 11 is 0. The van der Waals surface area contributed by atoms with Gasteiger partial charge in [-0.1, -0.05) is 54.6 Å². The number of methoxy groups -OCH3 is 2. The summed E-state index contributed by atoms with van der Waals surface area (Å²) in [4.78, 5) is 19.9. The van der Waals surface area contributed by atoms with Gasteiger partial charge in [0, 0.05) is 0 Å². The number of nitrogens with one attached hydrogen (secondary N) is 1. The molecule has 0 spiro atoms. The van der Waals surface area contributed by atoms with Gasteiger partial charge in [0.2, 0.25) is 0 Å². The first-order valence-electron chi connectivity index (χ1n) is 8.40. The van der Waals surface area contributed by atoms with Gasteiger partial charge in [0.05, 0.1) is 14.2 Å². The molecule has 0 aromatic heterocycles. The molecule has 140 valence electrons. The second-order valence-electron chi connectivity index (χ2n) is 5.97. The van der Waals surface area contributed by atoms with Crippen LogP contribution in [0.1, 0.15) is 16.7 Å². The Morgan fingerprint density at radius 2 is 1.07 bits per heavy atom. The quantitative estimate of drug-likeness (QED) is 0.428. The van der Waals surface area contributed by atoms with Gasteiger partial charge in [-0.2, -0.15) is 0 Å². The smallest absolute Gasteiger partial charge is 0.251 e. The Balaban J connectivity index is 2.26. The summed E-state index contributed by atoms with van der Waals surface area (Å²) in [7, 11) is 0.832. The summed E-state index contributed by atoms with van der Waals surface area (Å²) in [6.45, 7) is 0. The van der Waals surface area contributed by atoms with Crippen LogP contribution in [0.4, 0.5) is 0 Å². The number of hydrogen-bond donors (Lipinski definition) is 3. The molecule has 3 rings (SSSR count). The van der Waals surface area contributed by atoms with Crippen molar-refractivity contribution in [3.63, 3.8) is 0 Å². The van der Waals surface area contributed by atoms with E-state index in [0.29, 0.717) is 0 Å². The van der Waals surface area contributed by atoms with Crippen molar-refractivity contribution in [3.8, 4) is 11.5 Å². The van der Waals surface area contributed by atoms with Crippen molar-refractivity contribution < 1.29 is 19.3 Å². The predicted octanol–water partition coefficient (Wildman–Crippen LogP) is 3.80. The number of benzene rings is 3. The number of rotatable bonds is 7. The van der Waals surface area contributed by atoms with Crippen molar-refractivity contribution in [2.24, 2.45) is 0 Å². The van der Waals surface area contributed by atoms with E-state index in [9.17, 15) is 9.79 Å². The minimum absolute atomic E-state index is 0.728. The van der Waals surface area contributed by atoms with E-state index in [-0.39, 0.29) is 0 Å². The molecule has 0 aliphatic heterocycles. The highest BCUT2D eigenvalue weighted by Gasteiger charge is 2.38. The topological polar surface area (TPSA) is 71.0 Å². The maximum absolute atomic E-state index is 9.93. The molecule has 0 radical (unpaired) electrons. The molecule has 0 fully saturated rings. The van der Waals surface area contributed by atoms with Gasteiger partial charge in [-0.25, -0.2) is 5.09 Å². The van der Waals surface area contributed by atoms with Gasteiger partial charge in [0.25, 0.3) is 8.53 Å². The molecular weight excluding hydrogens is 361 g/mol. The zero-order valence-electron chi connectivity index (χ0n) is 15.2. The molecule has 0 aliphatic carbocycles. The summed E-state index contributed by atoms with van der Waals surface area (Å²) in [5.41, 5.74) is 1.65. The molecular formula is C21H22NO4P. The second-order valence-corrected chi connectivity index (χ2v) is 6.78. The van der Waals surface area contributed by atoms with Crippen molar-refractivity contribution in [1.29, 1.82) is 0 Å². The lowest BCUT2D eigenvalue weighted by Gasteiger charge is -2.37. The Morgan fingerprint density at radius 1 is 0.667 bits per heavy atom. The Bertz CT molecular complexity index is 804. The molecule has 3 aromatic carbocycles. The summed E-state index contributed by atoms with van der Waals surface area (Å²) in [5.74, 6) is 1.46. The van der Waals surface area contributed by atoms with Crippen molar-refractivity contribution in [2.75, 3.05) is 14.2 Å². The van der Waals surface area contributed by atoms with Crippen LogP contribution in [-0.4, -0.2) is 24.0 Å². The average molecular weight is 383 g/mol. The second kappa shape index (κ2) is 8.51. The van der Waals surface area contributed by atoms with Gasteiger partial charge in [-0.15, -0.1) is 0 Å². The van der Waals surface area contributed by atoms with E-state index >= 15 is 0 Å². The van der Waals surface area contributed by atoms with Crippen molar-refractivity contribution in [2.45, 2.75) is 5.54 Å². The van der Waals surface area contributed by atoms with Gasteiger partial charge < -0.3 is 19.3 Å². The normalized spacial score (nSPS) is 11.4. The van der Waals surface area contributed by atoms with Crippen LogP contribution in [-0.2, 0) is 5.54 Å². The monoisotopic (exact) mass is 383 g/mol. The van der Waals surface area contributed by atoms with E-state index in [2.05, 4.69) is 5.09 Å². The van der Waals surface area contributed by atoms with E-state index < -0.39 is 14.1 Å². The third-order valence-electron chi connectivity index (χ3n) is 4.52. The Labute approximate surface area is 160 Å². The predicted molar refractivity (Wildman–Crippen MR) is 107 cm³/mol. The molecule has 0 saturated carbocycles. The maximum atomic E-state index is 9.93. The van der Waals surface area contributed by atoms with Crippen LogP contribution >= 0.6 is 8.53 Å². The number of hydrogen-bond acceptors (Lipinski definition) is 5. The van der Waals surface area contributed by atoms with Gasteiger partial charge >= 0.3 is 0 Å². The van der Waals surface area contributed by atoms with Gasteiger partial charge in [-0.3, -0.25) is 0 Å². The molecule has 27 heavy (non-hydrogen) atoms. The fourth-order valence-electron chi connectivity index (χ4n) is 3.21. The molecule has 0 heterocycles. The van der Waals surface area contributed by atoms with Crippen LogP contribution < -0.4 is 14.6 Å². The minimum Gasteiger partial charge on any atom is -0.497 e. The lowest BCUT2D eigenvalue weighted by Crippen LogP contribution is -2.41. The zero-order valence-corrected chi connectivity index (χ0v) is 16.1. The molecule has 0 unspecified atom stereocenters. The van der Waals surface area contributed by atoms with Crippen LogP contribution in [0.5, 0.6) is 11.5 Å². The van der Waals surface area contributed by atoms with Gasteiger partial charge in [0.1, 0.15) is 17.0 Å². The lowest BCUT2D eigenvalue weighted by atomic mass is 9.78. The molecule has 5 nitrogen and oxygen atoms in total. The van der Waals surface area contributed by atoms with Crippen LogP contribution in [0, 0.1) is 0 Å². The third kappa shape index (κ3) is 3.97. The SMILES string of the molecule is COc1ccc(C(NP(O)O)(c2ccccc2)c2ccc(OC)cc2)cc1. The lowest BCUT2D eigenvalue weighted by molar-refractivity contribution is 0.412.